The summed E-state index contributed by atoms with van der Waals surface area (Å²) in [6.45, 7) is 5.72. The minimum atomic E-state index is 0.315. The highest BCUT2D eigenvalue weighted by molar-refractivity contribution is 5.38. The van der Waals surface area contributed by atoms with Gasteiger partial charge in [0.05, 0.1) is 0 Å². The number of anilines is 2. The maximum Gasteiger partial charge on any atom is 0.149 e. The van der Waals surface area contributed by atoms with Crippen LogP contribution >= 0.6 is 0 Å². The van der Waals surface area contributed by atoms with E-state index in [1.807, 2.05) is 12.1 Å². The first-order chi connectivity index (χ1) is 6.22. The minimum absolute atomic E-state index is 0.315. The van der Waals surface area contributed by atoms with Gasteiger partial charge >= 0.3 is 0 Å². The van der Waals surface area contributed by atoms with E-state index in [0.29, 0.717) is 11.9 Å². The van der Waals surface area contributed by atoms with Gasteiger partial charge in [0.1, 0.15) is 11.6 Å². The van der Waals surface area contributed by atoms with Crippen LogP contribution in [0.25, 0.3) is 0 Å². The lowest BCUT2D eigenvalue weighted by Gasteiger charge is -2.11. The van der Waals surface area contributed by atoms with Crippen molar-refractivity contribution in [3.63, 3.8) is 0 Å². The second-order valence-corrected chi connectivity index (χ2v) is 2.91. The number of nitrogens with zero attached hydrogens (tertiary/aromatic N) is 2. The SMILES string of the molecule is C=CCC(C)Nc1ccc(N)nn1. The molecular weight excluding hydrogens is 164 g/mol. The van der Waals surface area contributed by atoms with Crippen LogP contribution in [0.4, 0.5) is 11.6 Å². The van der Waals surface area contributed by atoms with Crippen LogP contribution < -0.4 is 11.1 Å². The normalized spacial score (nSPS) is 12.1. The molecule has 1 heterocycles. The first kappa shape index (κ1) is 9.51. The van der Waals surface area contributed by atoms with E-state index in [2.05, 4.69) is 29.0 Å². The molecule has 0 aromatic carbocycles. The van der Waals surface area contributed by atoms with E-state index in [9.17, 15) is 0 Å². The van der Waals surface area contributed by atoms with Gasteiger partial charge in [-0.25, -0.2) is 0 Å². The first-order valence-corrected chi connectivity index (χ1v) is 4.19. The van der Waals surface area contributed by atoms with Crippen molar-refractivity contribution in [3.05, 3.63) is 24.8 Å². The summed E-state index contributed by atoms with van der Waals surface area (Å²) in [5, 5.41) is 10.8. The number of aromatic nitrogens is 2. The predicted molar refractivity (Wildman–Crippen MR) is 54.3 cm³/mol. The number of nitrogens with one attached hydrogen (secondary N) is 1. The molecule has 4 nitrogen and oxygen atoms in total. The lowest BCUT2D eigenvalue weighted by Crippen LogP contribution is -2.15. The highest BCUT2D eigenvalue weighted by Crippen LogP contribution is 2.06. The largest absolute Gasteiger partial charge is 0.382 e. The molecule has 1 atom stereocenters. The minimum Gasteiger partial charge on any atom is -0.382 e. The van der Waals surface area contributed by atoms with Crippen molar-refractivity contribution in [3.8, 4) is 0 Å². The molecule has 3 N–H and O–H groups in total. The quantitative estimate of drug-likeness (QED) is 0.685. The topological polar surface area (TPSA) is 63.8 Å². The lowest BCUT2D eigenvalue weighted by molar-refractivity contribution is 0.801. The average molecular weight is 178 g/mol. The van der Waals surface area contributed by atoms with Crippen molar-refractivity contribution >= 4 is 11.6 Å². The van der Waals surface area contributed by atoms with E-state index < -0.39 is 0 Å². The van der Waals surface area contributed by atoms with Crippen molar-refractivity contribution in [1.82, 2.24) is 10.2 Å². The smallest absolute Gasteiger partial charge is 0.149 e. The van der Waals surface area contributed by atoms with Gasteiger partial charge in [-0.2, -0.15) is 0 Å². The summed E-state index contributed by atoms with van der Waals surface area (Å²) in [5.74, 6) is 1.17. The van der Waals surface area contributed by atoms with Gasteiger partial charge in [0.15, 0.2) is 0 Å². The van der Waals surface area contributed by atoms with Gasteiger partial charge in [-0.05, 0) is 25.5 Å². The van der Waals surface area contributed by atoms with E-state index in [1.165, 1.54) is 0 Å². The van der Waals surface area contributed by atoms with Gasteiger partial charge in [-0.15, -0.1) is 16.8 Å². The zero-order valence-corrected chi connectivity index (χ0v) is 7.70. The second-order valence-electron chi connectivity index (χ2n) is 2.91. The monoisotopic (exact) mass is 178 g/mol. The van der Waals surface area contributed by atoms with Crippen LogP contribution in [0.3, 0.4) is 0 Å². The van der Waals surface area contributed by atoms with Crippen LogP contribution in [0.1, 0.15) is 13.3 Å². The molecule has 0 saturated heterocycles. The maximum absolute atomic E-state index is 5.40. The Morgan fingerprint density at radius 2 is 2.38 bits per heavy atom. The second kappa shape index (κ2) is 4.45. The van der Waals surface area contributed by atoms with Crippen LogP contribution in [0.15, 0.2) is 24.8 Å². The molecule has 1 rings (SSSR count). The van der Waals surface area contributed by atoms with Crippen molar-refractivity contribution < 1.29 is 0 Å². The first-order valence-electron chi connectivity index (χ1n) is 4.19. The number of nitrogens with two attached hydrogens (primary N) is 1. The number of hydrogen-bond acceptors (Lipinski definition) is 4. The van der Waals surface area contributed by atoms with E-state index in [-0.39, 0.29) is 0 Å². The number of rotatable bonds is 4. The van der Waals surface area contributed by atoms with Gasteiger partial charge in [0, 0.05) is 6.04 Å². The Kier molecular flexibility index (Phi) is 3.25. The number of hydrogen-bond donors (Lipinski definition) is 2. The fraction of sp³-hybridized carbons (Fsp3) is 0.333. The molecule has 1 aromatic heterocycles. The molecule has 1 aromatic rings. The average Bonchev–Trinajstić information content (AvgIpc) is 2.09. The predicted octanol–water partition coefficient (Wildman–Crippen LogP) is 1.44. The molecule has 4 heteroatoms. The Hall–Kier alpha value is -1.58. The van der Waals surface area contributed by atoms with Crippen LogP contribution in [-0.2, 0) is 0 Å². The molecular formula is C9H14N4. The molecule has 13 heavy (non-hydrogen) atoms. The fourth-order valence-electron chi connectivity index (χ4n) is 0.981. The molecule has 0 radical (unpaired) electrons. The zero-order chi connectivity index (χ0) is 9.68. The summed E-state index contributed by atoms with van der Waals surface area (Å²) in [6.07, 6.45) is 2.76. The third-order valence-electron chi connectivity index (χ3n) is 1.60. The van der Waals surface area contributed by atoms with Crippen molar-refractivity contribution in [2.45, 2.75) is 19.4 Å². The van der Waals surface area contributed by atoms with E-state index >= 15 is 0 Å². The molecule has 0 saturated carbocycles. The molecule has 0 amide bonds. The van der Waals surface area contributed by atoms with Crippen LogP contribution in [0, 0.1) is 0 Å². The highest BCUT2D eigenvalue weighted by Gasteiger charge is 2.00. The summed E-state index contributed by atoms with van der Waals surface area (Å²) >= 11 is 0. The van der Waals surface area contributed by atoms with Crippen LogP contribution in [-0.4, -0.2) is 16.2 Å². The number of nitrogen functional groups attached to an aromatic ring is 1. The lowest BCUT2D eigenvalue weighted by atomic mass is 10.2. The maximum atomic E-state index is 5.40. The Balaban J connectivity index is 2.53. The van der Waals surface area contributed by atoms with Gasteiger partial charge in [0.2, 0.25) is 0 Å². The Morgan fingerprint density at radius 1 is 1.62 bits per heavy atom. The van der Waals surface area contributed by atoms with Gasteiger partial charge in [-0.1, -0.05) is 6.08 Å². The molecule has 0 fully saturated rings. The van der Waals surface area contributed by atoms with Crippen LogP contribution in [0.5, 0.6) is 0 Å². The van der Waals surface area contributed by atoms with Gasteiger partial charge < -0.3 is 11.1 Å². The molecule has 0 aliphatic heterocycles. The van der Waals surface area contributed by atoms with Crippen molar-refractivity contribution in [2.24, 2.45) is 0 Å². The molecule has 70 valence electrons. The Bertz CT molecular complexity index is 267. The summed E-state index contributed by atoms with van der Waals surface area (Å²) in [6, 6.07) is 3.84. The van der Waals surface area contributed by atoms with Gasteiger partial charge in [0.25, 0.3) is 0 Å². The van der Waals surface area contributed by atoms with E-state index in [4.69, 9.17) is 5.73 Å². The Morgan fingerprint density at radius 3 is 2.92 bits per heavy atom. The molecule has 0 spiro atoms. The Labute approximate surface area is 77.9 Å². The van der Waals surface area contributed by atoms with Gasteiger partial charge in [-0.3, -0.25) is 0 Å². The van der Waals surface area contributed by atoms with Crippen LogP contribution in [0.2, 0.25) is 0 Å². The summed E-state index contributed by atoms with van der Waals surface area (Å²) in [4.78, 5) is 0. The third kappa shape index (κ3) is 3.11. The van der Waals surface area contributed by atoms with E-state index in [0.717, 1.165) is 12.2 Å². The summed E-state index contributed by atoms with van der Waals surface area (Å²) in [7, 11) is 0. The summed E-state index contributed by atoms with van der Waals surface area (Å²) < 4.78 is 0. The fourth-order valence-corrected chi connectivity index (χ4v) is 0.981. The standard InChI is InChI=1S/C9H14N4/c1-3-4-7(2)11-9-6-5-8(10)12-13-9/h3,5-7H,1,4H2,2H3,(H2,10,12)(H,11,13). The molecule has 1 unspecified atom stereocenters. The van der Waals surface area contributed by atoms with Crippen molar-refractivity contribution in [2.75, 3.05) is 11.1 Å². The van der Waals surface area contributed by atoms with Crippen molar-refractivity contribution in [1.29, 1.82) is 0 Å². The zero-order valence-electron chi connectivity index (χ0n) is 7.70. The summed E-state index contributed by atoms with van der Waals surface area (Å²) in [5.41, 5.74) is 5.40. The van der Waals surface area contributed by atoms with E-state index in [1.54, 1.807) is 6.07 Å². The third-order valence-corrected chi connectivity index (χ3v) is 1.60. The molecule has 0 aliphatic carbocycles. The molecule has 0 bridgehead atoms. The highest BCUT2D eigenvalue weighted by atomic mass is 15.2. The molecule has 0 aliphatic rings.